The number of fused-ring (bicyclic) bond motifs is 1. The molecule has 0 fully saturated rings. The van der Waals surface area contributed by atoms with Crippen LogP contribution in [0.15, 0.2) is 36.4 Å². The molecule has 0 radical (unpaired) electrons. The Hall–Kier alpha value is -2.05. The number of imidazole rings is 1. The number of benzene rings is 2. The van der Waals surface area contributed by atoms with Crippen LogP contribution in [-0.4, -0.2) is 15.6 Å². The average Bonchev–Trinajstić information content (AvgIpc) is 2.91. The van der Waals surface area contributed by atoms with Crippen molar-refractivity contribution in [3.8, 4) is 5.69 Å². The summed E-state index contributed by atoms with van der Waals surface area (Å²) in [4.78, 5) is 4.38. The maximum atomic E-state index is 13.1. The minimum atomic E-state index is -4.51. The molecule has 3 aromatic rings. The van der Waals surface area contributed by atoms with Crippen LogP contribution >= 0.6 is 11.6 Å². The van der Waals surface area contributed by atoms with Gasteiger partial charge in [0.15, 0.2) is 0 Å². The van der Waals surface area contributed by atoms with Gasteiger partial charge in [-0.2, -0.15) is 13.2 Å². The van der Waals surface area contributed by atoms with E-state index in [1.165, 1.54) is 6.07 Å². The van der Waals surface area contributed by atoms with E-state index in [9.17, 15) is 13.2 Å². The van der Waals surface area contributed by atoms with Gasteiger partial charge in [0.2, 0.25) is 0 Å². The van der Waals surface area contributed by atoms with Crippen LogP contribution < -0.4 is 5.73 Å². The Morgan fingerprint density at radius 3 is 2.38 bits per heavy atom. The summed E-state index contributed by atoms with van der Waals surface area (Å²) in [5, 5.41) is -0.331. The van der Waals surface area contributed by atoms with Crippen LogP contribution in [0, 0.1) is 0 Å². The first-order chi connectivity index (χ1) is 12.2. The maximum Gasteiger partial charge on any atom is 0.417 e. The maximum absolute atomic E-state index is 13.1. The Bertz CT molecular complexity index is 928. The van der Waals surface area contributed by atoms with Crippen molar-refractivity contribution >= 4 is 22.6 Å². The van der Waals surface area contributed by atoms with Gasteiger partial charge in [-0.3, -0.25) is 4.57 Å². The Kier molecular flexibility index (Phi) is 4.99. The Balaban J connectivity index is 2.14. The van der Waals surface area contributed by atoms with Gasteiger partial charge < -0.3 is 5.73 Å². The second kappa shape index (κ2) is 6.93. The number of hydrogen-bond donors (Lipinski definition) is 1. The van der Waals surface area contributed by atoms with Gasteiger partial charge in [-0.15, -0.1) is 0 Å². The standard InChI is InChI=1S/C19H19ClF3N3/c1-3-18-25-16-9-14(19(21,22)23)15(20)10-17(16)26(18)13-6-4-12(5-7-13)8-11(2)24/h4-7,9-11H,3,8,24H2,1-2H3/t11-/m0/s1. The van der Waals surface area contributed by atoms with E-state index in [-0.39, 0.29) is 16.6 Å². The molecule has 0 spiro atoms. The lowest BCUT2D eigenvalue weighted by atomic mass is 10.1. The Morgan fingerprint density at radius 1 is 1.19 bits per heavy atom. The number of aryl methyl sites for hydroxylation is 1. The summed E-state index contributed by atoms with van der Waals surface area (Å²) in [6.45, 7) is 3.85. The molecule has 1 atom stereocenters. The molecule has 138 valence electrons. The van der Waals surface area contributed by atoms with Crippen molar-refractivity contribution in [2.75, 3.05) is 0 Å². The fourth-order valence-corrected chi connectivity index (χ4v) is 3.31. The second-order valence-corrected chi connectivity index (χ2v) is 6.79. The highest BCUT2D eigenvalue weighted by atomic mass is 35.5. The quantitative estimate of drug-likeness (QED) is 0.679. The third-order valence-corrected chi connectivity index (χ3v) is 4.50. The van der Waals surface area contributed by atoms with Crippen molar-refractivity contribution in [3.63, 3.8) is 0 Å². The van der Waals surface area contributed by atoms with Crippen LogP contribution in [0.4, 0.5) is 13.2 Å². The predicted octanol–water partition coefficient (Wildman–Crippen LogP) is 5.15. The van der Waals surface area contributed by atoms with Crippen molar-refractivity contribution in [1.29, 1.82) is 0 Å². The lowest BCUT2D eigenvalue weighted by Gasteiger charge is -2.12. The van der Waals surface area contributed by atoms with Gasteiger partial charge in [0.25, 0.3) is 0 Å². The van der Waals surface area contributed by atoms with E-state index in [0.717, 1.165) is 23.7 Å². The predicted molar refractivity (Wildman–Crippen MR) is 97.8 cm³/mol. The number of nitrogens with zero attached hydrogens (tertiary/aromatic N) is 2. The lowest BCUT2D eigenvalue weighted by Crippen LogP contribution is -2.17. The zero-order chi connectivity index (χ0) is 19.1. The molecule has 0 saturated heterocycles. The van der Waals surface area contributed by atoms with Crippen molar-refractivity contribution in [2.24, 2.45) is 5.73 Å². The molecule has 7 heteroatoms. The van der Waals surface area contributed by atoms with Gasteiger partial charge in [-0.05, 0) is 43.2 Å². The third-order valence-electron chi connectivity index (χ3n) is 4.19. The first kappa shape index (κ1) is 18.7. The van der Waals surface area contributed by atoms with Gasteiger partial charge in [-0.1, -0.05) is 30.7 Å². The number of hydrogen-bond acceptors (Lipinski definition) is 2. The molecule has 0 bridgehead atoms. The van der Waals surface area contributed by atoms with Gasteiger partial charge >= 0.3 is 6.18 Å². The molecule has 0 unspecified atom stereocenters. The van der Waals surface area contributed by atoms with Crippen molar-refractivity contribution in [3.05, 3.63) is 58.4 Å². The molecule has 2 N–H and O–H groups in total. The normalized spacial score (nSPS) is 13.3. The number of aromatic nitrogens is 2. The van der Waals surface area contributed by atoms with Crippen LogP contribution in [0.5, 0.6) is 0 Å². The first-order valence-corrected chi connectivity index (χ1v) is 8.71. The van der Waals surface area contributed by atoms with Gasteiger partial charge in [0.05, 0.1) is 21.6 Å². The monoisotopic (exact) mass is 381 g/mol. The van der Waals surface area contributed by atoms with E-state index in [4.69, 9.17) is 17.3 Å². The smallest absolute Gasteiger partial charge is 0.328 e. The summed E-state index contributed by atoms with van der Waals surface area (Å²) < 4.78 is 41.2. The molecule has 1 aromatic heterocycles. The number of nitrogens with two attached hydrogens (primary N) is 1. The average molecular weight is 382 g/mol. The third kappa shape index (κ3) is 3.57. The first-order valence-electron chi connectivity index (χ1n) is 8.33. The molecular formula is C19H19ClF3N3. The van der Waals surface area contributed by atoms with E-state index < -0.39 is 11.7 Å². The van der Waals surface area contributed by atoms with E-state index >= 15 is 0 Å². The van der Waals surface area contributed by atoms with Crippen LogP contribution in [0.2, 0.25) is 5.02 Å². The minimum absolute atomic E-state index is 0.0562. The Morgan fingerprint density at radius 2 is 1.85 bits per heavy atom. The summed E-state index contributed by atoms with van der Waals surface area (Å²) in [5.74, 6) is 0.676. The molecular weight excluding hydrogens is 363 g/mol. The summed E-state index contributed by atoms with van der Waals surface area (Å²) in [6.07, 6.45) is -3.18. The van der Waals surface area contributed by atoms with Crippen molar-refractivity contribution in [2.45, 2.75) is 38.9 Å². The van der Waals surface area contributed by atoms with E-state index in [1.54, 1.807) is 0 Å². The topological polar surface area (TPSA) is 43.8 Å². The largest absolute Gasteiger partial charge is 0.417 e. The van der Waals surface area contributed by atoms with Gasteiger partial charge in [-0.25, -0.2) is 4.98 Å². The van der Waals surface area contributed by atoms with E-state index in [0.29, 0.717) is 17.8 Å². The SMILES string of the molecule is CCc1nc2cc(C(F)(F)F)c(Cl)cc2n1-c1ccc(C[C@H](C)N)cc1. The minimum Gasteiger partial charge on any atom is -0.328 e. The Labute approximate surface area is 154 Å². The fourth-order valence-electron chi connectivity index (χ4n) is 3.04. The number of rotatable bonds is 4. The number of alkyl halides is 3. The molecule has 3 nitrogen and oxygen atoms in total. The zero-order valence-corrected chi connectivity index (χ0v) is 15.2. The molecule has 3 rings (SSSR count). The molecule has 0 aliphatic heterocycles. The molecule has 0 aliphatic rings. The van der Waals surface area contributed by atoms with Crippen molar-refractivity contribution in [1.82, 2.24) is 9.55 Å². The van der Waals surface area contributed by atoms with Crippen LogP contribution in [0.3, 0.4) is 0 Å². The highest BCUT2D eigenvalue weighted by Gasteiger charge is 2.34. The highest BCUT2D eigenvalue weighted by Crippen LogP contribution is 2.37. The van der Waals surface area contributed by atoms with Crippen LogP contribution in [-0.2, 0) is 19.0 Å². The summed E-state index contributed by atoms with van der Waals surface area (Å²) in [5.41, 5.74) is 7.71. The molecule has 0 amide bonds. The molecule has 2 aromatic carbocycles. The van der Waals surface area contributed by atoms with E-state index in [1.807, 2.05) is 42.7 Å². The fraction of sp³-hybridized carbons (Fsp3) is 0.316. The van der Waals surface area contributed by atoms with Crippen molar-refractivity contribution < 1.29 is 13.2 Å². The van der Waals surface area contributed by atoms with Gasteiger partial charge in [0.1, 0.15) is 5.82 Å². The molecule has 0 saturated carbocycles. The summed E-state index contributed by atoms with van der Waals surface area (Å²) in [6, 6.07) is 10.2. The molecule has 26 heavy (non-hydrogen) atoms. The van der Waals surface area contributed by atoms with Gasteiger partial charge in [0, 0.05) is 18.2 Å². The van der Waals surface area contributed by atoms with E-state index in [2.05, 4.69) is 4.98 Å². The van der Waals surface area contributed by atoms with Crippen LogP contribution in [0.25, 0.3) is 16.7 Å². The lowest BCUT2D eigenvalue weighted by molar-refractivity contribution is -0.137. The van der Waals surface area contributed by atoms with Crippen LogP contribution in [0.1, 0.15) is 30.8 Å². The molecule has 1 heterocycles. The summed E-state index contributed by atoms with van der Waals surface area (Å²) in [7, 11) is 0. The number of halogens is 4. The molecule has 0 aliphatic carbocycles. The zero-order valence-electron chi connectivity index (χ0n) is 14.4. The summed E-state index contributed by atoms with van der Waals surface area (Å²) >= 11 is 5.91. The highest BCUT2D eigenvalue weighted by molar-refractivity contribution is 6.32. The second-order valence-electron chi connectivity index (χ2n) is 6.38.